The van der Waals surface area contributed by atoms with E-state index in [9.17, 15) is 0 Å². The number of likely N-dealkylation sites (N-methyl/N-ethyl adjacent to an activating group) is 1. The van der Waals surface area contributed by atoms with Crippen LogP contribution in [-0.2, 0) is 4.74 Å². The van der Waals surface area contributed by atoms with Crippen molar-refractivity contribution in [2.24, 2.45) is 5.73 Å². The fourth-order valence-corrected chi connectivity index (χ4v) is 1.27. The second-order valence-corrected chi connectivity index (χ2v) is 3.38. The van der Waals surface area contributed by atoms with Crippen LogP contribution in [0.3, 0.4) is 0 Å². The molecule has 0 bridgehead atoms. The van der Waals surface area contributed by atoms with Crippen molar-refractivity contribution in [2.45, 2.75) is 0 Å². The summed E-state index contributed by atoms with van der Waals surface area (Å²) in [6, 6.07) is 7.62. The average Bonchev–Trinajstić information content (AvgIpc) is 2.26. The van der Waals surface area contributed by atoms with Crippen LogP contribution in [0.1, 0.15) is 5.56 Å². The molecule has 0 radical (unpaired) electrons. The van der Waals surface area contributed by atoms with Crippen molar-refractivity contribution in [1.82, 2.24) is 0 Å². The third-order valence-electron chi connectivity index (χ3n) is 2.23. The monoisotopic (exact) mass is 207 g/mol. The first-order valence-electron chi connectivity index (χ1n) is 4.79. The van der Waals surface area contributed by atoms with Gasteiger partial charge in [0, 0.05) is 32.0 Å². The molecule has 0 atom stereocenters. The minimum Gasteiger partial charge on any atom is -0.384 e. The number of benzene rings is 1. The Labute approximate surface area is 90.2 Å². The van der Waals surface area contributed by atoms with Gasteiger partial charge in [0.2, 0.25) is 0 Å². The number of nitrogen functional groups attached to an aromatic ring is 1. The molecule has 0 aliphatic heterocycles. The van der Waals surface area contributed by atoms with Gasteiger partial charge in [0.05, 0.1) is 6.61 Å². The standard InChI is InChI=1S/C11H17N3O/c1-14(6-7-15-2)10-5-3-4-9(8-10)11(12)13/h3-5,8H,6-7H2,1-2H3,(H3,12,13). The zero-order valence-corrected chi connectivity index (χ0v) is 9.16. The second kappa shape index (κ2) is 5.36. The molecule has 82 valence electrons. The van der Waals surface area contributed by atoms with Gasteiger partial charge < -0.3 is 15.4 Å². The first-order valence-corrected chi connectivity index (χ1v) is 4.79. The topological polar surface area (TPSA) is 62.3 Å². The van der Waals surface area contributed by atoms with Crippen molar-refractivity contribution in [3.63, 3.8) is 0 Å². The molecule has 0 heterocycles. The normalized spacial score (nSPS) is 10.0. The number of ether oxygens (including phenoxy) is 1. The number of nitrogens with one attached hydrogen (secondary N) is 1. The van der Waals surface area contributed by atoms with Gasteiger partial charge in [-0.2, -0.15) is 0 Å². The van der Waals surface area contributed by atoms with Crippen LogP contribution in [0.15, 0.2) is 24.3 Å². The molecule has 0 saturated heterocycles. The first-order chi connectivity index (χ1) is 7.15. The molecule has 4 nitrogen and oxygen atoms in total. The maximum Gasteiger partial charge on any atom is 0.122 e. The molecule has 0 amide bonds. The molecule has 15 heavy (non-hydrogen) atoms. The third kappa shape index (κ3) is 3.25. The third-order valence-corrected chi connectivity index (χ3v) is 2.23. The van der Waals surface area contributed by atoms with Gasteiger partial charge in [0.1, 0.15) is 5.84 Å². The van der Waals surface area contributed by atoms with Crippen LogP contribution in [0.4, 0.5) is 5.69 Å². The Morgan fingerprint density at radius 2 is 2.27 bits per heavy atom. The van der Waals surface area contributed by atoms with Crippen molar-refractivity contribution >= 4 is 11.5 Å². The predicted octanol–water partition coefficient (Wildman–Crippen LogP) is 1.05. The summed E-state index contributed by atoms with van der Waals surface area (Å²) < 4.78 is 5.00. The number of methoxy groups -OCH3 is 1. The highest BCUT2D eigenvalue weighted by molar-refractivity contribution is 5.95. The summed E-state index contributed by atoms with van der Waals surface area (Å²) in [4.78, 5) is 2.07. The number of anilines is 1. The maximum atomic E-state index is 7.35. The van der Waals surface area contributed by atoms with Gasteiger partial charge in [-0.15, -0.1) is 0 Å². The number of rotatable bonds is 5. The lowest BCUT2D eigenvalue weighted by atomic mass is 10.2. The van der Waals surface area contributed by atoms with Crippen LogP contribution >= 0.6 is 0 Å². The van der Waals surface area contributed by atoms with Crippen molar-refractivity contribution in [2.75, 3.05) is 32.2 Å². The molecule has 1 aromatic carbocycles. The van der Waals surface area contributed by atoms with E-state index in [0.29, 0.717) is 6.61 Å². The largest absolute Gasteiger partial charge is 0.384 e. The summed E-state index contributed by atoms with van der Waals surface area (Å²) >= 11 is 0. The van der Waals surface area contributed by atoms with Gasteiger partial charge in [0.25, 0.3) is 0 Å². The molecule has 1 aromatic rings. The highest BCUT2D eigenvalue weighted by Gasteiger charge is 2.02. The molecule has 0 unspecified atom stereocenters. The number of amidine groups is 1. The van der Waals surface area contributed by atoms with Gasteiger partial charge in [-0.25, -0.2) is 0 Å². The Morgan fingerprint density at radius 3 is 2.87 bits per heavy atom. The van der Waals surface area contributed by atoms with E-state index in [1.54, 1.807) is 7.11 Å². The van der Waals surface area contributed by atoms with Gasteiger partial charge in [-0.3, -0.25) is 5.41 Å². The predicted molar refractivity (Wildman–Crippen MR) is 62.6 cm³/mol. The second-order valence-electron chi connectivity index (χ2n) is 3.38. The van der Waals surface area contributed by atoms with E-state index in [-0.39, 0.29) is 5.84 Å². The van der Waals surface area contributed by atoms with Gasteiger partial charge in [0.15, 0.2) is 0 Å². The number of hydrogen-bond acceptors (Lipinski definition) is 3. The lowest BCUT2D eigenvalue weighted by molar-refractivity contribution is 0.206. The highest BCUT2D eigenvalue weighted by atomic mass is 16.5. The molecule has 0 spiro atoms. The zero-order valence-electron chi connectivity index (χ0n) is 9.16. The Balaban J connectivity index is 2.76. The van der Waals surface area contributed by atoms with Crippen molar-refractivity contribution in [1.29, 1.82) is 5.41 Å². The number of nitrogens with zero attached hydrogens (tertiary/aromatic N) is 1. The molecule has 1 rings (SSSR count). The summed E-state index contributed by atoms with van der Waals surface area (Å²) in [6.45, 7) is 1.50. The van der Waals surface area contributed by atoms with E-state index in [2.05, 4.69) is 4.90 Å². The quantitative estimate of drug-likeness (QED) is 0.560. The molecule has 3 N–H and O–H groups in total. The maximum absolute atomic E-state index is 7.35. The Bertz CT molecular complexity index is 338. The molecule has 0 fully saturated rings. The van der Waals surface area contributed by atoms with Gasteiger partial charge in [-0.05, 0) is 12.1 Å². The molecule has 4 heteroatoms. The number of hydrogen-bond donors (Lipinski definition) is 2. The first kappa shape index (κ1) is 11.5. The summed E-state index contributed by atoms with van der Waals surface area (Å²) in [6.07, 6.45) is 0. The molecule has 0 aliphatic carbocycles. The summed E-state index contributed by atoms with van der Waals surface area (Å²) in [5.41, 5.74) is 7.21. The number of nitrogens with two attached hydrogens (primary N) is 1. The van der Waals surface area contributed by atoms with E-state index < -0.39 is 0 Å². The summed E-state index contributed by atoms with van der Waals surface area (Å²) in [5, 5.41) is 7.35. The van der Waals surface area contributed by atoms with E-state index in [4.69, 9.17) is 15.9 Å². The Hall–Kier alpha value is -1.55. The van der Waals surface area contributed by atoms with E-state index in [0.717, 1.165) is 17.8 Å². The Morgan fingerprint density at radius 1 is 1.53 bits per heavy atom. The van der Waals surface area contributed by atoms with Crippen molar-refractivity contribution in [3.05, 3.63) is 29.8 Å². The van der Waals surface area contributed by atoms with Crippen LogP contribution in [0.5, 0.6) is 0 Å². The van der Waals surface area contributed by atoms with Gasteiger partial charge >= 0.3 is 0 Å². The molecule has 0 aromatic heterocycles. The lowest BCUT2D eigenvalue weighted by Gasteiger charge is -2.19. The molecule has 0 aliphatic rings. The van der Waals surface area contributed by atoms with Crippen LogP contribution in [-0.4, -0.2) is 33.1 Å². The minimum absolute atomic E-state index is 0.0944. The van der Waals surface area contributed by atoms with Crippen LogP contribution in [0, 0.1) is 5.41 Å². The Kier molecular flexibility index (Phi) is 4.12. The minimum atomic E-state index is 0.0944. The van der Waals surface area contributed by atoms with Crippen LogP contribution in [0.25, 0.3) is 0 Å². The average molecular weight is 207 g/mol. The summed E-state index contributed by atoms with van der Waals surface area (Å²) in [7, 11) is 3.66. The molecular formula is C11H17N3O. The van der Waals surface area contributed by atoms with Crippen molar-refractivity contribution in [3.8, 4) is 0 Å². The summed E-state index contributed by atoms with van der Waals surface area (Å²) in [5.74, 6) is 0.0944. The fourth-order valence-electron chi connectivity index (χ4n) is 1.27. The smallest absolute Gasteiger partial charge is 0.122 e. The lowest BCUT2D eigenvalue weighted by Crippen LogP contribution is -2.22. The zero-order chi connectivity index (χ0) is 11.3. The molecule has 0 saturated carbocycles. The molecular weight excluding hydrogens is 190 g/mol. The van der Waals surface area contributed by atoms with Crippen molar-refractivity contribution < 1.29 is 4.74 Å². The van der Waals surface area contributed by atoms with E-state index >= 15 is 0 Å². The highest BCUT2D eigenvalue weighted by Crippen LogP contribution is 2.14. The van der Waals surface area contributed by atoms with Gasteiger partial charge in [-0.1, -0.05) is 12.1 Å². The van der Waals surface area contributed by atoms with E-state index in [1.165, 1.54) is 0 Å². The van der Waals surface area contributed by atoms with E-state index in [1.807, 2.05) is 31.3 Å². The van der Waals surface area contributed by atoms with Crippen LogP contribution in [0.2, 0.25) is 0 Å². The van der Waals surface area contributed by atoms with Crippen LogP contribution < -0.4 is 10.6 Å². The SMILES string of the molecule is COCCN(C)c1cccc(C(=N)N)c1. The fraction of sp³-hybridized carbons (Fsp3) is 0.364.